The Labute approximate surface area is 158 Å². The molecule has 0 aliphatic carbocycles. The van der Waals surface area contributed by atoms with Crippen molar-refractivity contribution in [3.8, 4) is 17.4 Å². The number of nitro groups is 1. The monoisotopic (exact) mass is 419 g/mol. The molecule has 0 amide bonds. The molecule has 0 aliphatic rings. The van der Waals surface area contributed by atoms with Crippen LogP contribution >= 0.6 is 11.6 Å². The van der Waals surface area contributed by atoms with E-state index in [2.05, 4.69) is 5.10 Å². The van der Waals surface area contributed by atoms with Crippen LogP contribution in [0.1, 0.15) is 6.92 Å². The van der Waals surface area contributed by atoms with Gasteiger partial charge in [0.25, 0.3) is 5.88 Å². The minimum atomic E-state index is -3.68. The van der Waals surface area contributed by atoms with E-state index in [9.17, 15) is 23.3 Å². The molecule has 0 aliphatic heterocycles. The number of carboxylic acid groups (broad SMARTS) is 1. The van der Waals surface area contributed by atoms with Crippen LogP contribution in [0.25, 0.3) is 0 Å². The Morgan fingerprint density at radius 3 is 2.56 bits per heavy atom. The molecule has 27 heavy (non-hydrogen) atoms. The van der Waals surface area contributed by atoms with Gasteiger partial charge in [0.1, 0.15) is 10.8 Å². The summed E-state index contributed by atoms with van der Waals surface area (Å²) in [5.74, 6) is -1.93. The van der Waals surface area contributed by atoms with E-state index in [0.29, 0.717) is 0 Å². The molecule has 1 heterocycles. The first kappa shape index (κ1) is 20.5. The molecule has 11 nitrogen and oxygen atoms in total. The number of rotatable bonds is 7. The standard InChI is InChI=1S/C14H14ClN3O8S/c1-7(14(19)20)25-10-6-8(4-5-9(10)18(21)22)26-12-11(15)13(17(2)16-12)27(3,23)24/h4-7H,1-3H3,(H,19,20). The van der Waals surface area contributed by atoms with Crippen LogP contribution in [0.3, 0.4) is 0 Å². The second-order valence-electron chi connectivity index (χ2n) is 5.41. The maximum atomic E-state index is 11.7. The van der Waals surface area contributed by atoms with Gasteiger partial charge in [-0.3, -0.25) is 14.8 Å². The van der Waals surface area contributed by atoms with Crippen LogP contribution in [0.15, 0.2) is 23.2 Å². The maximum absolute atomic E-state index is 11.7. The minimum absolute atomic E-state index is 0.0201. The number of aryl methyl sites for hydroxylation is 1. The molecule has 13 heteroatoms. The number of halogens is 1. The van der Waals surface area contributed by atoms with Gasteiger partial charge in [0.2, 0.25) is 5.75 Å². The lowest BCUT2D eigenvalue weighted by Crippen LogP contribution is -2.23. The lowest BCUT2D eigenvalue weighted by atomic mass is 10.2. The Morgan fingerprint density at radius 1 is 1.44 bits per heavy atom. The average Bonchev–Trinajstić information content (AvgIpc) is 2.80. The largest absolute Gasteiger partial charge is 0.479 e. The van der Waals surface area contributed by atoms with E-state index >= 15 is 0 Å². The first-order valence-corrected chi connectivity index (χ1v) is 9.47. The normalized spacial score (nSPS) is 12.4. The van der Waals surface area contributed by atoms with Crippen LogP contribution in [0.4, 0.5) is 5.69 Å². The molecule has 0 fully saturated rings. The number of nitrogens with zero attached hydrogens (tertiary/aromatic N) is 3. The van der Waals surface area contributed by atoms with Gasteiger partial charge in [-0.05, 0) is 13.0 Å². The fourth-order valence-corrected chi connectivity index (χ4v) is 3.64. The van der Waals surface area contributed by atoms with Crippen molar-refractivity contribution in [2.75, 3.05) is 6.26 Å². The molecule has 1 N–H and O–H groups in total. The van der Waals surface area contributed by atoms with Gasteiger partial charge in [-0.2, -0.15) is 0 Å². The number of carboxylic acids is 1. The predicted molar refractivity (Wildman–Crippen MR) is 92.2 cm³/mol. The quantitative estimate of drug-likeness (QED) is 0.524. The minimum Gasteiger partial charge on any atom is -0.479 e. The number of aliphatic carboxylic acids is 1. The Bertz CT molecular complexity index is 1020. The topological polar surface area (TPSA) is 151 Å². The summed E-state index contributed by atoms with van der Waals surface area (Å²) >= 11 is 6.01. The third-order valence-corrected chi connectivity index (χ3v) is 4.88. The second kappa shape index (κ2) is 7.40. The fraction of sp³-hybridized carbons (Fsp3) is 0.286. The summed E-state index contributed by atoms with van der Waals surface area (Å²) in [6.45, 7) is 1.20. The van der Waals surface area contributed by atoms with Gasteiger partial charge in [-0.25, -0.2) is 13.2 Å². The summed E-state index contributed by atoms with van der Waals surface area (Å²) in [4.78, 5) is 21.3. The molecule has 1 unspecified atom stereocenters. The van der Waals surface area contributed by atoms with Crippen molar-refractivity contribution in [1.82, 2.24) is 9.78 Å². The van der Waals surface area contributed by atoms with E-state index in [0.717, 1.165) is 23.1 Å². The number of hydrogen-bond donors (Lipinski definition) is 1. The van der Waals surface area contributed by atoms with Crippen LogP contribution in [-0.2, 0) is 21.7 Å². The highest BCUT2D eigenvalue weighted by Crippen LogP contribution is 2.37. The second-order valence-corrected chi connectivity index (χ2v) is 7.72. The van der Waals surface area contributed by atoms with Crippen LogP contribution in [0.2, 0.25) is 5.02 Å². The average molecular weight is 420 g/mol. The van der Waals surface area contributed by atoms with Crippen molar-refractivity contribution in [3.63, 3.8) is 0 Å². The molecule has 1 aromatic heterocycles. The molecule has 146 valence electrons. The molecule has 1 atom stereocenters. The molecule has 2 aromatic rings. The van der Waals surface area contributed by atoms with Crippen molar-refractivity contribution in [1.29, 1.82) is 0 Å². The first-order chi connectivity index (χ1) is 12.4. The summed E-state index contributed by atoms with van der Waals surface area (Å²) in [6.07, 6.45) is -0.403. The number of sulfone groups is 1. The molecule has 1 aromatic carbocycles. The van der Waals surface area contributed by atoms with Gasteiger partial charge < -0.3 is 14.6 Å². The Balaban J connectivity index is 2.43. The van der Waals surface area contributed by atoms with Gasteiger partial charge in [0.05, 0.1) is 4.92 Å². The molecule has 0 radical (unpaired) electrons. The number of ether oxygens (including phenoxy) is 2. The molecule has 0 saturated heterocycles. The van der Waals surface area contributed by atoms with Gasteiger partial charge in [-0.15, -0.1) is 5.10 Å². The van der Waals surface area contributed by atoms with Gasteiger partial charge >= 0.3 is 11.7 Å². The van der Waals surface area contributed by atoms with E-state index in [-0.39, 0.29) is 27.4 Å². The highest BCUT2D eigenvalue weighted by Gasteiger charge is 2.25. The lowest BCUT2D eigenvalue weighted by molar-refractivity contribution is -0.386. The van der Waals surface area contributed by atoms with Crippen molar-refractivity contribution in [2.45, 2.75) is 18.1 Å². The maximum Gasteiger partial charge on any atom is 0.344 e. The van der Waals surface area contributed by atoms with Crippen molar-refractivity contribution < 1.29 is 32.7 Å². The zero-order valence-corrected chi connectivity index (χ0v) is 15.8. The van der Waals surface area contributed by atoms with Crippen molar-refractivity contribution in [3.05, 3.63) is 33.3 Å². The fourth-order valence-electron chi connectivity index (χ4n) is 2.08. The summed E-state index contributed by atoms with van der Waals surface area (Å²) in [6, 6.07) is 3.35. The number of aromatic nitrogens is 2. The third kappa shape index (κ3) is 4.46. The number of benzene rings is 1. The number of nitro benzene ring substituents is 1. The van der Waals surface area contributed by atoms with Crippen LogP contribution in [0.5, 0.6) is 17.4 Å². The predicted octanol–water partition coefficient (Wildman–Crippen LogP) is 2.03. The zero-order valence-electron chi connectivity index (χ0n) is 14.2. The molecule has 0 saturated carbocycles. The zero-order chi connectivity index (χ0) is 20.5. The van der Waals surface area contributed by atoms with E-state index < -0.39 is 32.5 Å². The van der Waals surface area contributed by atoms with Crippen LogP contribution in [-0.4, -0.2) is 46.6 Å². The van der Waals surface area contributed by atoms with Crippen molar-refractivity contribution in [2.24, 2.45) is 7.05 Å². The highest BCUT2D eigenvalue weighted by molar-refractivity contribution is 7.90. The molecule has 0 spiro atoms. The van der Waals surface area contributed by atoms with E-state index in [1.165, 1.54) is 20.0 Å². The Morgan fingerprint density at radius 2 is 2.07 bits per heavy atom. The van der Waals surface area contributed by atoms with Gasteiger partial charge in [-0.1, -0.05) is 11.6 Å². The summed E-state index contributed by atoms with van der Waals surface area (Å²) in [5.41, 5.74) is -0.473. The van der Waals surface area contributed by atoms with Crippen LogP contribution < -0.4 is 9.47 Å². The van der Waals surface area contributed by atoms with E-state index in [1.807, 2.05) is 0 Å². The van der Waals surface area contributed by atoms with E-state index in [1.54, 1.807) is 0 Å². The Kier molecular flexibility index (Phi) is 5.61. The van der Waals surface area contributed by atoms with E-state index in [4.69, 9.17) is 26.2 Å². The van der Waals surface area contributed by atoms with Crippen LogP contribution in [0, 0.1) is 10.1 Å². The molecular weight excluding hydrogens is 406 g/mol. The summed E-state index contributed by atoms with van der Waals surface area (Å²) < 4.78 is 35.0. The van der Waals surface area contributed by atoms with Gasteiger partial charge in [0.15, 0.2) is 21.0 Å². The molecular formula is C14H14ClN3O8S. The summed E-state index contributed by atoms with van der Waals surface area (Å²) in [7, 11) is -2.32. The molecule has 0 bridgehead atoms. The van der Waals surface area contributed by atoms with Gasteiger partial charge in [0, 0.05) is 25.4 Å². The number of carbonyl (C=O) groups is 1. The summed E-state index contributed by atoms with van der Waals surface area (Å²) in [5, 5.41) is 23.3. The highest BCUT2D eigenvalue weighted by atomic mass is 35.5. The lowest BCUT2D eigenvalue weighted by Gasteiger charge is -2.11. The Hall–Kier alpha value is -2.86. The molecule has 2 rings (SSSR count). The smallest absolute Gasteiger partial charge is 0.344 e. The third-order valence-electron chi connectivity index (χ3n) is 3.26. The van der Waals surface area contributed by atoms with Crippen molar-refractivity contribution >= 4 is 33.1 Å². The SMILES string of the molecule is CC(Oc1cc(Oc2nn(C)c(S(C)(=O)=O)c2Cl)ccc1[N+](=O)[O-])C(=O)O. The first-order valence-electron chi connectivity index (χ1n) is 7.20. The number of hydrogen-bond acceptors (Lipinski definition) is 8.